The second kappa shape index (κ2) is 36.3. The molecule has 0 atom stereocenters. The number of hydrogen-bond donors (Lipinski definition) is 0. The summed E-state index contributed by atoms with van der Waals surface area (Å²) in [6, 6.07) is 0. The van der Waals surface area contributed by atoms with Crippen molar-refractivity contribution in [3.05, 3.63) is 0 Å². The third-order valence-corrected chi connectivity index (χ3v) is 0. The number of thiol groups is 2. The second-order valence-electron chi connectivity index (χ2n) is 0.447. The summed E-state index contributed by atoms with van der Waals surface area (Å²) in [6.07, 6.45) is 0. The van der Waals surface area contributed by atoms with E-state index in [4.69, 9.17) is 19.6 Å². The third kappa shape index (κ3) is 119. The standard InChI is InChI=1S/3Ba.6O.2H2S.2Sb/h;;;;;;;;;2*1H2;;/q3*+2;;;4*-1;;;;/p-2. The molecule has 0 heterocycles. The molecule has 0 bridgehead atoms. The van der Waals surface area contributed by atoms with Crippen LogP contribution in [0.2, 0.25) is 0 Å². The molecule has 2 radical (unpaired) electrons. The summed E-state index contributed by atoms with van der Waals surface area (Å²) in [7, 11) is 0. The van der Waals surface area contributed by atoms with E-state index in [2.05, 4.69) is 0 Å². The van der Waals surface area contributed by atoms with Gasteiger partial charge >= 0.3 is 208 Å². The van der Waals surface area contributed by atoms with Crippen LogP contribution in [0.5, 0.6) is 0 Å². The Hall–Kier alpha value is 6.49. The number of rotatable bonds is 0. The molecule has 0 spiro atoms. The predicted octanol–water partition coefficient (Wildman–Crippen LogP) is -7.44. The zero-order valence-corrected chi connectivity index (χ0v) is 26.6. The van der Waals surface area contributed by atoms with Gasteiger partial charge in [0.25, 0.3) is 0 Å². The molecular weight excluding hydrogens is 816 g/mol. The second-order valence-corrected chi connectivity index (χ2v) is 3.00. The predicted molar refractivity (Wildman–Crippen MR) is 47.7 cm³/mol. The Kier molecular flexibility index (Phi) is 119. The fourth-order valence-electron chi connectivity index (χ4n) is 0. The van der Waals surface area contributed by atoms with Crippen LogP contribution in [-0.2, 0) is 33.0 Å². The molecule has 0 aliphatic carbocycles. The Morgan fingerprint density at radius 1 is 0.615 bits per heavy atom. The minimum atomic E-state index is -4.20. The maximum Gasteiger partial charge on any atom is -0.813 e. The van der Waals surface area contributed by atoms with Gasteiger partial charge in [-0.3, -0.25) is 0 Å². The summed E-state index contributed by atoms with van der Waals surface area (Å²) in [6.45, 7) is 0. The van der Waals surface area contributed by atoms with Gasteiger partial charge in [0.2, 0.25) is 0 Å². The van der Waals surface area contributed by atoms with E-state index in [9.17, 15) is 0 Å². The van der Waals surface area contributed by atoms with Crippen molar-refractivity contribution >= 4 is 216 Å². The first-order chi connectivity index (χ1) is 3.46. The van der Waals surface area contributed by atoms with E-state index in [1.165, 1.54) is 0 Å². The zero-order chi connectivity index (χ0) is 7.15. The molecule has 0 aromatic heterocycles. The Morgan fingerprint density at radius 3 is 0.615 bits per heavy atom. The third-order valence-electron chi connectivity index (χ3n) is 0. The van der Waals surface area contributed by atoms with E-state index < -0.39 is 42.1 Å². The maximum atomic E-state index is 8.60. The molecule has 0 saturated heterocycles. The molecule has 0 aromatic rings. The van der Waals surface area contributed by atoms with Crippen LogP contribution in [0.15, 0.2) is 0 Å². The number of hydrogen-bond acceptors (Lipinski definition) is 8. The van der Waals surface area contributed by atoms with Gasteiger partial charge in [-0.25, -0.2) is 0 Å². The molecule has 0 unspecified atom stereocenters. The van der Waals surface area contributed by atoms with Crippen molar-refractivity contribution in [1.29, 1.82) is 0 Å². The van der Waals surface area contributed by atoms with Crippen LogP contribution in [0.3, 0.4) is 0 Å². The molecule has 0 fully saturated rings. The minimum absolute atomic E-state index is 0. The van der Waals surface area contributed by atoms with Gasteiger partial charge in [0.05, 0.1) is 0 Å². The summed E-state index contributed by atoms with van der Waals surface area (Å²) in [4.78, 5) is 0. The van der Waals surface area contributed by atoms with Gasteiger partial charge in [-0.2, -0.15) is 0 Å². The molecule has 6 nitrogen and oxygen atoms in total. The molecule has 66 valence electrons. The van der Waals surface area contributed by atoms with Crippen LogP contribution in [0.4, 0.5) is 0 Å². The molecule has 0 aliphatic rings. The summed E-state index contributed by atoms with van der Waals surface area (Å²) < 4.78 is 51.6. The Morgan fingerprint density at radius 2 is 0.615 bits per heavy atom. The van der Waals surface area contributed by atoms with E-state index >= 15 is 0 Å². The molecular formula is H2Ba3O6S2Sb2. The zero-order valence-electron chi connectivity index (χ0n) is 6.36. The molecule has 13 heavy (non-hydrogen) atoms. The van der Waals surface area contributed by atoms with Crippen LogP contribution in [0.25, 0.3) is 0 Å². The first-order valence-corrected chi connectivity index (χ1v) is 7.35. The first kappa shape index (κ1) is 42.7. The molecule has 0 saturated carbocycles. The Balaban J connectivity index is -0.00000000800. The van der Waals surface area contributed by atoms with E-state index in [-0.39, 0.29) is 174 Å². The summed E-state index contributed by atoms with van der Waals surface area (Å²) in [5.74, 6) is 0. The monoisotopic (exact) mass is 817 g/mol. The van der Waals surface area contributed by atoms with Crippen LogP contribution >= 0.6 is 0 Å². The van der Waals surface area contributed by atoms with E-state index in [1.54, 1.807) is 0 Å². The molecule has 0 aliphatic heterocycles. The van der Waals surface area contributed by atoms with E-state index in [0.717, 1.165) is 0 Å². The van der Waals surface area contributed by atoms with Crippen LogP contribution in [0, 0.1) is 0 Å². The summed E-state index contributed by atoms with van der Waals surface area (Å²) in [5, 5.41) is 0. The molecule has 0 aromatic carbocycles. The van der Waals surface area contributed by atoms with Crippen molar-refractivity contribution in [3.8, 4) is 0 Å². The summed E-state index contributed by atoms with van der Waals surface area (Å²) >= 11 is -8.40. The molecule has 13 heteroatoms. The average molecular weight is 818 g/mol. The van der Waals surface area contributed by atoms with Crippen molar-refractivity contribution in [2.75, 3.05) is 0 Å². The van der Waals surface area contributed by atoms with Gasteiger partial charge in [0.1, 0.15) is 0 Å². The van der Waals surface area contributed by atoms with Crippen molar-refractivity contribution < 1.29 is 19.6 Å². The van der Waals surface area contributed by atoms with Crippen LogP contribution in [-0.4, -0.2) is 189 Å². The van der Waals surface area contributed by atoms with Crippen LogP contribution < -0.4 is 13.5 Å². The SMILES string of the molecule is [Ba+2].[Ba+2].[Ba+2].[O]=[Sb]([O-])[O-].[O]=[Sb]([O-])[O-].[SH-].[SH-]. The van der Waals surface area contributed by atoms with Crippen molar-refractivity contribution in [2.24, 2.45) is 0 Å². The normalized spacial score (nSPS) is 4.00. The topological polar surface area (TPSA) is 126 Å². The quantitative estimate of drug-likeness (QED) is 0.134. The van der Waals surface area contributed by atoms with Gasteiger partial charge in [-0.15, -0.1) is 0 Å². The molecule has 0 rings (SSSR count). The first-order valence-electron chi connectivity index (χ1n) is 1.10. The molecule has 0 amide bonds. The van der Waals surface area contributed by atoms with E-state index in [1.807, 2.05) is 0 Å². The van der Waals surface area contributed by atoms with Gasteiger partial charge in [0, 0.05) is 0 Å². The minimum Gasteiger partial charge on any atom is -0.813 e. The van der Waals surface area contributed by atoms with Gasteiger partial charge < -0.3 is 27.0 Å². The average Bonchev–Trinajstić information content (AvgIpc) is 1.25. The van der Waals surface area contributed by atoms with Crippen LogP contribution in [0.1, 0.15) is 0 Å². The maximum absolute atomic E-state index is 8.60. The van der Waals surface area contributed by atoms with Gasteiger partial charge in [0.15, 0.2) is 0 Å². The van der Waals surface area contributed by atoms with Crippen molar-refractivity contribution in [2.45, 2.75) is 0 Å². The summed E-state index contributed by atoms with van der Waals surface area (Å²) in [5.41, 5.74) is 0. The fourth-order valence-corrected chi connectivity index (χ4v) is 0. The largest absolute Gasteiger partial charge is 0.813 e. The smallest absolute Gasteiger partial charge is 0.813 e. The van der Waals surface area contributed by atoms with Crippen molar-refractivity contribution in [3.63, 3.8) is 0 Å². The van der Waals surface area contributed by atoms with Gasteiger partial charge in [-0.1, -0.05) is 0 Å². The fraction of sp³-hybridized carbons (Fsp3) is 0. The van der Waals surface area contributed by atoms with Gasteiger partial charge in [-0.05, 0) is 0 Å². The van der Waals surface area contributed by atoms with E-state index in [0.29, 0.717) is 0 Å². The Bertz CT molecular complexity index is 81.9. The Labute approximate surface area is 227 Å². The van der Waals surface area contributed by atoms with Crippen molar-refractivity contribution in [1.82, 2.24) is 0 Å². The molecule has 0 N–H and O–H groups in total.